The molecule has 1 aromatic carbocycles. The monoisotopic (exact) mass is 446 g/mol. The first-order valence-corrected chi connectivity index (χ1v) is 10.2. The van der Waals surface area contributed by atoms with Gasteiger partial charge in [0.2, 0.25) is 11.8 Å². The summed E-state index contributed by atoms with van der Waals surface area (Å²) in [4.78, 5) is 27.5. The van der Waals surface area contributed by atoms with Crippen molar-refractivity contribution in [2.45, 2.75) is 52.0 Å². The number of anilines is 2. The Kier molecular flexibility index (Phi) is 13.7. The van der Waals surface area contributed by atoms with Gasteiger partial charge in [0.25, 0.3) is 0 Å². The molecule has 2 atom stereocenters. The highest BCUT2D eigenvalue weighted by atomic mass is 35.5. The van der Waals surface area contributed by atoms with E-state index >= 15 is 0 Å². The minimum Gasteiger partial charge on any atom is -0.371 e. The molecule has 1 heterocycles. The Balaban J connectivity index is 0.00000392. The van der Waals surface area contributed by atoms with E-state index in [2.05, 4.69) is 33.8 Å². The molecule has 166 valence electrons. The number of carbonyl (C=O) groups excluding carboxylic acids is 2. The highest BCUT2D eigenvalue weighted by Gasteiger charge is 2.23. The molecular weight excluding hydrogens is 411 g/mol. The van der Waals surface area contributed by atoms with E-state index in [-0.39, 0.29) is 42.5 Å². The molecule has 0 spiro atoms. The second-order valence-corrected chi connectivity index (χ2v) is 7.40. The van der Waals surface area contributed by atoms with Crippen LogP contribution in [0.2, 0.25) is 0 Å². The number of rotatable bonds is 10. The Morgan fingerprint density at radius 2 is 1.83 bits per heavy atom. The first-order valence-electron chi connectivity index (χ1n) is 10.2. The summed E-state index contributed by atoms with van der Waals surface area (Å²) < 4.78 is 0. The molecule has 1 fully saturated rings. The van der Waals surface area contributed by atoms with Crippen LogP contribution in [0.1, 0.15) is 46.0 Å². The van der Waals surface area contributed by atoms with Crippen molar-refractivity contribution in [3.8, 4) is 0 Å². The summed E-state index contributed by atoms with van der Waals surface area (Å²) in [5.74, 6) is -0.413. The van der Waals surface area contributed by atoms with Gasteiger partial charge >= 0.3 is 0 Å². The van der Waals surface area contributed by atoms with Crippen LogP contribution in [-0.4, -0.2) is 44.5 Å². The van der Waals surface area contributed by atoms with E-state index in [0.717, 1.165) is 37.3 Å². The van der Waals surface area contributed by atoms with Gasteiger partial charge in [-0.2, -0.15) is 0 Å². The molecule has 3 N–H and O–H groups in total. The van der Waals surface area contributed by atoms with Crippen molar-refractivity contribution in [1.29, 1.82) is 0 Å². The molecule has 0 aliphatic carbocycles. The summed E-state index contributed by atoms with van der Waals surface area (Å²) in [6.07, 6.45) is 4.95. The van der Waals surface area contributed by atoms with Gasteiger partial charge in [0.1, 0.15) is 6.04 Å². The molecular formula is C21H36Cl2N4O2. The lowest BCUT2D eigenvalue weighted by Crippen LogP contribution is -2.47. The number of benzene rings is 1. The van der Waals surface area contributed by atoms with Crippen LogP contribution < -0.4 is 20.9 Å². The summed E-state index contributed by atoms with van der Waals surface area (Å²) in [6, 6.07) is 7.46. The standard InChI is InChI=1S/C21H34N4O2.2ClH/c1-4-5-11-19(24-20(26)16(2)15-22-3)21(27)23-17-9-8-10-18(14-17)25-12-6-7-13-25;;/h8-10,14,16,19,22H,4-7,11-13,15H2,1-3H3,(H,23,27)(H,24,26);2*1H. The molecule has 2 amide bonds. The second-order valence-electron chi connectivity index (χ2n) is 7.40. The number of unbranched alkanes of at least 4 members (excludes halogenated alkanes) is 1. The molecule has 0 bridgehead atoms. The van der Waals surface area contributed by atoms with Crippen molar-refractivity contribution in [1.82, 2.24) is 10.6 Å². The molecule has 2 unspecified atom stereocenters. The molecule has 6 nitrogen and oxygen atoms in total. The van der Waals surface area contributed by atoms with Crippen LogP contribution in [0.3, 0.4) is 0 Å². The maximum Gasteiger partial charge on any atom is 0.246 e. The van der Waals surface area contributed by atoms with Gasteiger partial charge in [-0.05, 0) is 44.5 Å². The van der Waals surface area contributed by atoms with Gasteiger partial charge in [-0.25, -0.2) is 0 Å². The molecule has 8 heteroatoms. The van der Waals surface area contributed by atoms with Crippen molar-refractivity contribution in [2.75, 3.05) is 36.9 Å². The molecule has 29 heavy (non-hydrogen) atoms. The Bertz CT molecular complexity index is 624. The lowest BCUT2D eigenvalue weighted by atomic mass is 10.1. The molecule has 0 saturated carbocycles. The van der Waals surface area contributed by atoms with Crippen LogP contribution >= 0.6 is 24.8 Å². The van der Waals surface area contributed by atoms with Crippen LogP contribution in [-0.2, 0) is 9.59 Å². The number of nitrogens with zero attached hydrogens (tertiary/aromatic N) is 1. The molecule has 0 aromatic heterocycles. The van der Waals surface area contributed by atoms with Crippen LogP contribution in [0.15, 0.2) is 24.3 Å². The predicted octanol–water partition coefficient (Wildman–Crippen LogP) is 3.60. The third-order valence-corrected chi connectivity index (χ3v) is 5.02. The fraction of sp³-hybridized carbons (Fsp3) is 0.619. The van der Waals surface area contributed by atoms with Crippen molar-refractivity contribution < 1.29 is 9.59 Å². The zero-order valence-electron chi connectivity index (χ0n) is 17.7. The quantitative estimate of drug-likeness (QED) is 0.513. The van der Waals surface area contributed by atoms with Gasteiger partial charge in [-0.15, -0.1) is 24.8 Å². The predicted molar refractivity (Wildman–Crippen MR) is 126 cm³/mol. The van der Waals surface area contributed by atoms with E-state index in [1.165, 1.54) is 12.8 Å². The zero-order chi connectivity index (χ0) is 19.6. The Hall–Kier alpha value is -1.50. The van der Waals surface area contributed by atoms with Gasteiger partial charge in [-0.3, -0.25) is 9.59 Å². The van der Waals surface area contributed by atoms with Gasteiger partial charge in [0.05, 0.1) is 0 Å². The highest BCUT2D eigenvalue weighted by molar-refractivity contribution is 5.97. The summed E-state index contributed by atoms with van der Waals surface area (Å²) in [5.41, 5.74) is 1.92. The van der Waals surface area contributed by atoms with Crippen molar-refractivity contribution in [3.63, 3.8) is 0 Å². The third-order valence-electron chi connectivity index (χ3n) is 5.02. The topological polar surface area (TPSA) is 73.5 Å². The Morgan fingerprint density at radius 3 is 2.45 bits per heavy atom. The molecule has 2 rings (SSSR count). The van der Waals surface area contributed by atoms with Crippen LogP contribution in [0.4, 0.5) is 11.4 Å². The average molecular weight is 447 g/mol. The lowest BCUT2D eigenvalue weighted by Gasteiger charge is -2.22. The van der Waals surface area contributed by atoms with Gasteiger partial charge in [0.15, 0.2) is 0 Å². The first-order chi connectivity index (χ1) is 13.0. The number of nitrogens with one attached hydrogen (secondary N) is 3. The van der Waals surface area contributed by atoms with Gasteiger partial charge in [0, 0.05) is 36.9 Å². The Labute approximate surface area is 187 Å². The van der Waals surface area contributed by atoms with E-state index in [9.17, 15) is 9.59 Å². The largest absolute Gasteiger partial charge is 0.371 e. The summed E-state index contributed by atoms with van der Waals surface area (Å²) in [6.45, 7) is 6.66. The number of amides is 2. The highest BCUT2D eigenvalue weighted by Crippen LogP contribution is 2.23. The van der Waals surface area contributed by atoms with E-state index in [1.54, 1.807) is 0 Å². The number of halogens is 2. The fourth-order valence-electron chi connectivity index (χ4n) is 3.37. The van der Waals surface area contributed by atoms with Gasteiger partial charge < -0.3 is 20.9 Å². The van der Waals surface area contributed by atoms with Crippen LogP contribution in [0.5, 0.6) is 0 Å². The van der Waals surface area contributed by atoms with Crippen molar-refractivity contribution in [2.24, 2.45) is 5.92 Å². The van der Waals surface area contributed by atoms with E-state index < -0.39 is 6.04 Å². The molecule has 1 aliphatic rings. The van der Waals surface area contributed by atoms with Crippen LogP contribution in [0.25, 0.3) is 0 Å². The summed E-state index contributed by atoms with van der Waals surface area (Å²) >= 11 is 0. The van der Waals surface area contributed by atoms with Crippen LogP contribution in [0, 0.1) is 5.92 Å². The summed E-state index contributed by atoms with van der Waals surface area (Å²) in [7, 11) is 1.82. The van der Waals surface area contributed by atoms with E-state index in [0.29, 0.717) is 13.0 Å². The maximum atomic E-state index is 12.8. The number of carbonyl (C=O) groups is 2. The molecule has 1 aromatic rings. The van der Waals surface area contributed by atoms with Crippen molar-refractivity contribution >= 4 is 48.0 Å². The summed E-state index contributed by atoms with van der Waals surface area (Å²) in [5, 5.41) is 8.92. The minimum atomic E-state index is -0.507. The van der Waals surface area contributed by atoms with E-state index in [4.69, 9.17) is 0 Å². The number of hydrogen-bond acceptors (Lipinski definition) is 4. The SMILES string of the molecule is CCCCC(NC(=O)C(C)CNC)C(=O)Nc1cccc(N2CCCC2)c1.Cl.Cl. The maximum absolute atomic E-state index is 12.8. The normalized spacial score (nSPS) is 14.9. The third kappa shape index (κ3) is 8.81. The first kappa shape index (κ1) is 27.5. The molecule has 1 aliphatic heterocycles. The molecule has 1 saturated heterocycles. The second kappa shape index (κ2) is 14.5. The minimum absolute atomic E-state index is 0. The average Bonchev–Trinajstić information content (AvgIpc) is 3.20. The van der Waals surface area contributed by atoms with Crippen molar-refractivity contribution in [3.05, 3.63) is 24.3 Å². The van der Waals surface area contributed by atoms with E-state index in [1.807, 2.05) is 32.2 Å². The Morgan fingerprint density at radius 1 is 1.14 bits per heavy atom. The lowest BCUT2D eigenvalue weighted by molar-refractivity contribution is -0.129. The van der Waals surface area contributed by atoms with Gasteiger partial charge in [-0.1, -0.05) is 32.8 Å². The zero-order valence-corrected chi connectivity index (χ0v) is 19.3. The molecule has 0 radical (unpaired) electrons. The fourth-order valence-corrected chi connectivity index (χ4v) is 3.37. The smallest absolute Gasteiger partial charge is 0.246 e. The number of hydrogen-bond donors (Lipinski definition) is 3.